The van der Waals surface area contributed by atoms with Crippen molar-refractivity contribution in [2.75, 3.05) is 25.3 Å². The van der Waals surface area contributed by atoms with Crippen LogP contribution < -0.4 is 26.0 Å². The second kappa shape index (κ2) is 10.7. The van der Waals surface area contributed by atoms with Gasteiger partial charge in [0.05, 0.1) is 25.7 Å². The minimum absolute atomic E-state index is 0.0793. The van der Waals surface area contributed by atoms with Crippen LogP contribution in [0.1, 0.15) is 11.5 Å². The van der Waals surface area contributed by atoms with Gasteiger partial charge >= 0.3 is 5.69 Å². The lowest BCUT2D eigenvalue weighted by molar-refractivity contribution is -0.113. The molecule has 0 bridgehead atoms. The van der Waals surface area contributed by atoms with Gasteiger partial charge in [-0.3, -0.25) is 19.1 Å². The van der Waals surface area contributed by atoms with E-state index in [0.29, 0.717) is 39.5 Å². The summed E-state index contributed by atoms with van der Waals surface area (Å²) in [5.41, 5.74) is 0.606. The summed E-state index contributed by atoms with van der Waals surface area (Å²) >= 11 is 1.20. The Morgan fingerprint density at radius 3 is 2.49 bits per heavy atom. The van der Waals surface area contributed by atoms with Crippen LogP contribution in [0.5, 0.6) is 11.5 Å². The van der Waals surface area contributed by atoms with Crippen LogP contribution in [0.3, 0.4) is 0 Å². The van der Waals surface area contributed by atoms with Gasteiger partial charge in [-0.25, -0.2) is 4.79 Å². The fourth-order valence-corrected chi connectivity index (χ4v) is 4.07. The fraction of sp³-hybridized carbons (Fsp3) is 0.174. The van der Waals surface area contributed by atoms with Crippen LogP contribution in [0.2, 0.25) is 0 Å². The van der Waals surface area contributed by atoms with Crippen LogP contribution in [0, 0.1) is 0 Å². The van der Waals surface area contributed by atoms with Crippen LogP contribution in [0.25, 0.3) is 5.69 Å². The van der Waals surface area contributed by atoms with E-state index in [2.05, 4.69) is 25.5 Å². The highest BCUT2D eigenvalue weighted by molar-refractivity contribution is 7.99. The van der Waals surface area contributed by atoms with E-state index in [1.165, 1.54) is 17.8 Å². The second-order valence-electron chi connectivity index (χ2n) is 7.29. The first-order valence-electron chi connectivity index (χ1n) is 10.4. The molecule has 35 heavy (non-hydrogen) atoms. The second-order valence-corrected chi connectivity index (χ2v) is 8.23. The highest BCUT2D eigenvalue weighted by Crippen LogP contribution is 2.26. The number of H-pyrrole nitrogens is 2. The van der Waals surface area contributed by atoms with E-state index < -0.39 is 11.2 Å². The number of ether oxygens (including phenoxy) is 2. The number of hydrogen-bond donors (Lipinski definition) is 3. The third kappa shape index (κ3) is 5.98. The Kier molecular flexibility index (Phi) is 7.31. The van der Waals surface area contributed by atoms with Gasteiger partial charge in [-0.2, -0.15) is 0 Å². The number of methoxy groups -OCH3 is 2. The number of anilines is 1. The quantitative estimate of drug-likeness (QED) is 0.300. The van der Waals surface area contributed by atoms with Crippen molar-refractivity contribution < 1.29 is 14.3 Å². The fourth-order valence-electron chi connectivity index (χ4n) is 3.30. The summed E-state index contributed by atoms with van der Waals surface area (Å²) in [7, 11) is 3.14. The molecule has 0 spiro atoms. The van der Waals surface area contributed by atoms with Gasteiger partial charge in [-0.15, -0.1) is 10.2 Å². The SMILES string of the molecule is COc1ccc(NC(=O)CSc2nnc(Cc3cc(=O)[nH]c(=O)[nH]3)n2-c2cccc(OC)c2)cc1. The van der Waals surface area contributed by atoms with Crippen molar-refractivity contribution in [3.8, 4) is 17.2 Å². The molecule has 11 nitrogen and oxygen atoms in total. The molecule has 4 rings (SSSR count). The first kappa shape index (κ1) is 23.8. The lowest BCUT2D eigenvalue weighted by Crippen LogP contribution is -2.23. The first-order valence-corrected chi connectivity index (χ1v) is 11.4. The van der Waals surface area contributed by atoms with Gasteiger partial charge in [0.1, 0.15) is 17.3 Å². The molecule has 0 aliphatic heterocycles. The molecule has 2 heterocycles. The summed E-state index contributed by atoms with van der Waals surface area (Å²) in [5.74, 6) is 1.65. The van der Waals surface area contributed by atoms with Gasteiger partial charge in [0.25, 0.3) is 5.56 Å². The zero-order valence-corrected chi connectivity index (χ0v) is 19.7. The van der Waals surface area contributed by atoms with Gasteiger partial charge in [0.15, 0.2) is 5.16 Å². The number of aromatic amines is 2. The number of hydrogen-bond acceptors (Lipinski definition) is 8. The Morgan fingerprint density at radius 2 is 1.77 bits per heavy atom. The molecule has 0 unspecified atom stereocenters. The van der Waals surface area contributed by atoms with Crippen LogP contribution in [-0.4, -0.2) is 50.6 Å². The van der Waals surface area contributed by atoms with Gasteiger partial charge < -0.3 is 19.8 Å². The number of carbonyl (C=O) groups is 1. The Morgan fingerprint density at radius 1 is 1.00 bits per heavy atom. The van der Waals surface area contributed by atoms with E-state index >= 15 is 0 Å². The van der Waals surface area contributed by atoms with Crippen molar-refractivity contribution >= 4 is 23.4 Å². The van der Waals surface area contributed by atoms with Crippen molar-refractivity contribution in [2.24, 2.45) is 0 Å². The number of rotatable bonds is 9. The summed E-state index contributed by atoms with van der Waals surface area (Å²) in [6, 6.07) is 15.6. The first-order chi connectivity index (χ1) is 16.9. The topological polar surface area (TPSA) is 144 Å². The largest absolute Gasteiger partial charge is 0.497 e. The van der Waals surface area contributed by atoms with Crippen LogP contribution in [-0.2, 0) is 11.2 Å². The molecule has 3 N–H and O–H groups in total. The lowest BCUT2D eigenvalue weighted by atomic mass is 10.2. The van der Waals surface area contributed by atoms with Crippen molar-refractivity contribution in [3.05, 3.63) is 87.0 Å². The van der Waals surface area contributed by atoms with Crippen molar-refractivity contribution in [2.45, 2.75) is 11.6 Å². The molecule has 4 aromatic rings. The van der Waals surface area contributed by atoms with Crippen LogP contribution in [0.15, 0.2) is 69.3 Å². The van der Waals surface area contributed by atoms with E-state index in [0.717, 1.165) is 0 Å². The molecule has 2 aromatic heterocycles. The number of amides is 1. The average Bonchev–Trinajstić information content (AvgIpc) is 3.24. The predicted octanol–water partition coefficient (Wildman–Crippen LogP) is 1.98. The predicted molar refractivity (Wildman–Crippen MR) is 131 cm³/mol. The molecule has 2 aromatic carbocycles. The van der Waals surface area contributed by atoms with Gasteiger partial charge in [-0.1, -0.05) is 17.8 Å². The number of aromatic nitrogens is 5. The smallest absolute Gasteiger partial charge is 0.325 e. The zero-order chi connectivity index (χ0) is 24.8. The molecular weight excluding hydrogens is 472 g/mol. The van der Waals surface area contributed by atoms with Gasteiger partial charge in [0, 0.05) is 29.9 Å². The molecule has 0 saturated carbocycles. The summed E-state index contributed by atoms with van der Waals surface area (Å²) in [5, 5.41) is 11.8. The Balaban J connectivity index is 1.58. The normalized spacial score (nSPS) is 10.7. The molecule has 12 heteroatoms. The number of carbonyl (C=O) groups excluding carboxylic acids is 1. The number of nitrogens with one attached hydrogen (secondary N) is 3. The molecule has 180 valence electrons. The van der Waals surface area contributed by atoms with Crippen molar-refractivity contribution in [1.82, 2.24) is 24.7 Å². The maximum atomic E-state index is 12.5. The van der Waals surface area contributed by atoms with Gasteiger partial charge in [0.2, 0.25) is 5.91 Å². The highest BCUT2D eigenvalue weighted by atomic mass is 32.2. The summed E-state index contributed by atoms with van der Waals surface area (Å²) < 4.78 is 12.2. The van der Waals surface area contributed by atoms with E-state index in [9.17, 15) is 14.4 Å². The average molecular weight is 495 g/mol. The number of thioether (sulfide) groups is 1. The van der Waals surface area contributed by atoms with E-state index in [1.54, 1.807) is 55.2 Å². The molecule has 0 aliphatic carbocycles. The van der Waals surface area contributed by atoms with E-state index in [4.69, 9.17) is 9.47 Å². The lowest BCUT2D eigenvalue weighted by Gasteiger charge is -2.12. The summed E-state index contributed by atoms with van der Waals surface area (Å²) in [6.45, 7) is 0. The monoisotopic (exact) mass is 494 g/mol. The van der Waals surface area contributed by atoms with Crippen LogP contribution >= 0.6 is 11.8 Å². The van der Waals surface area contributed by atoms with Gasteiger partial charge in [-0.05, 0) is 36.4 Å². The molecule has 0 fully saturated rings. The molecule has 0 aliphatic rings. The third-order valence-corrected chi connectivity index (χ3v) is 5.81. The number of benzene rings is 2. The summed E-state index contributed by atoms with van der Waals surface area (Å²) in [4.78, 5) is 40.7. The summed E-state index contributed by atoms with van der Waals surface area (Å²) in [6.07, 6.45) is 0.141. The molecular formula is C23H22N6O5S. The zero-order valence-electron chi connectivity index (χ0n) is 18.9. The molecule has 0 saturated heterocycles. The third-order valence-electron chi connectivity index (χ3n) is 4.88. The number of nitrogens with zero attached hydrogens (tertiary/aromatic N) is 3. The Hall–Kier alpha value is -4.32. The molecule has 0 radical (unpaired) electrons. The van der Waals surface area contributed by atoms with Crippen molar-refractivity contribution in [1.29, 1.82) is 0 Å². The Bertz CT molecular complexity index is 1420. The highest BCUT2D eigenvalue weighted by Gasteiger charge is 2.17. The van der Waals surface area contributed by atoms with Crippen LogP contribution in [0.4, 0.5) is 5.69 Å². The minimum atomic E-state index is -0.607. The maximum Gasteiger partial charge on any atom is 0.325 e. The Labute approximate surface area is 203 Å². The van der Waals surface area contributed by atoms with E-state index in [1.807, 2.05) is 12.1 Å². The molecule has 0 atom stereocenters. The maximum absolute atomic E-state index is 12.5. The molecule has 1 amide bonds. The standard InChI is InChI=1S/C23H22N6O5S/c1-33-17-8-6-14(7-9-17)24-21(31)13-35-23-28-27-19(10-15-11-20(30)26-22(32)25-15)29(23)16-4-3-5-18(12-16)34-2/h3-9,11-12H,10,13H2,1-2H3,(H,24,31)(H2,25,26,30,32). The van der Waals surface area contributed by atoms with Crippen molar-refractivity contribution in [3.63, 3.8) is 0 Å². The minimum Gasteiger partial charge on any atom is -0.497 e. The van der Waals surface area contributed by atoms with E-state index in [-0.39, 0.29) is 18.1 Å².